The van der Waals surface area contributed by atoms with E-state index in [1.165, 1.54) is 27.8 Å². The first-order valence-electron chi connectivity index (χ1n) is 9.09. The molecule has 1 aromatic heterocycles. The van der Waals surface area contributed by atoms with E-state index >= 15 is 0 Å². The lowest BCUT2D eigenvalue weighted by Crippen LogP contribution is -2.14. The number of benzene rings is 2. The van der Waals surface area contributed by atoms with Gasteiger partial charge in [-0.1, -0.05) is 35.7 Å². The molecular formula is C21H24N4OS2. The number of rotatable bonds is 7. The van der Waals surface area contributed by atoms with Crippen molar-refractivity contribution < 1.29 is 4.79 Å². The van der Waals surface area contributed by atoms with Crippen molar-refractivity contribution >= 4 is 35.1 Å². The Labute approximate surface area is 174 Å². The molecular weight excluding hydrogens is 388 g/mol. The number of aryl methyl sites for hydroxylation is 2. The largest absolute Gasteiger partial charge is 0.325 e. The summed E-state index contributed by atoms with van der Waals surface area (Å²) in [4.78, 5) is 14.6. The third-order valence-corrected chi connectivity index (χ3v) is 6.26. The van der Waals surface area contributed by atoms with E-state index in [2.05, 4.69) is 61.4 Å². The summed E-state index contributed by atoms with van der Waals surface area (Å²) in [5.41, 5.74) is 3.31. The molecule has 1 heterocycles. The number of hydrogen-bond acceptors (Lipinski definition) is 5. The number of thioether (sulfide) groups is 1. The topological polar surface area (TPSA) is 59.8 Å². The summed E-state index contributed by atoms with van der Waals surface area (Å²) in [5.74, 6) is 0.239. The van der Waals surface area contributed by atoms with Gasteiger partial charge in [0.25, 0.3) is 0 Å². The Balaban J connectivity index is 1.55. The molecule has 5 nitrogen and oxygen atoms in total. The van der Waals surface area contributed by atoms with E-state index in [0.29, 0.717) is 5.75 Å². The minimum Gasteiger partial charge on any atom is -0.325 e. The van der Waals surface area contributed by atoms with Crippen molar-refractivity contribution in [1.82, 2.24) is 14.8 Å². The maximum atomic E-state index is 12.3. The van der Waals surface area contributed by atoms with E-state index < -0.39 is 0 Å². The molecule has 2 aromatic carbocycles. The minimum atomic E-state index is -0.0572. The lowest BCUT2D eigenvalue weighted by Gasteiger charge is -2.10. The van der Waals surface area contributed by atoms with Gasteiger partial charge in [0.15, 0.2) is 5.16 Å². The van der Waals surface area contributed by atoms with Crippen molar-refractivity contribution in [3.63, 3.8) is 0 Å². The molecule has 146 valence electrons. The second-order valence-electron chi connectivity index (χ2n) is 6.85. The fourth-order valence-corrected chi connectivity index (χ4v) is 4.41. The van der Waals surface area contributed by atoms with Gasteiger partial charge in [0.05, 0.1) is 5.75 Å². The lowest BCUT2D eigenvalue weighted by atomic mass is 10.2. The fraction of sp³-hybridized carbons (Fsp3) is 0.286. The molecule has 0 fully saturated rings. The van der Waals surface area contributed by atoms with Crippen LogP contribution in [0, 0.1) is 13.8 Å². The van der Waals surface area contributed by atoms with Crippen LogP contribution in [0.4, 0.5) is 5.69 Å². The number of hydrogen-bond donors (Lipinski definition) is 1. The first-order valence-corrected chi connectivity index (χ1v) is 10.9. The van der Waals surface area contributed by atoms with Gasteiger partial charge in [-0.15, -0.1) is 10.2 Å². The molecule has 0 unspecified atom stereocenters. The summed E-state index contributed by atoms with van der Waals surface area (Å²) in [7, 11) is 0. The second-order valence-corrected chi connectivity index (χ2v) is 8.90. The van der Waals surface area contributed by atoms with Gasteiger partial charge in [-0.3, -0.25) is 4.79 Å². The van der Waals surface area contributed by atoms with E-state index in [4.69, 9.17) is 0 Å². The van der Waals surface area contributed by atoms with Crippen LogP contribution in [-0.2, 0) is 4.79 Å². The number of nitrogens with zero attached hydrogens (tertiary/aromatic N) is 3. The van der Waals surface area contributed by atoms with Gasteiger partial charge in [0, 0.05) is 21.5 Å². The Morgan fingerprint density at radius 2 is 1.89 bits per heavy atom. The monoisotopic (exact) mass is 412 g/mol. The zero-order valence-electron chi connectivity index (χ0n) is 16.5. The van der Waals surface area contributed by atoms with Crippen molar-refractivity contribution in [2.24, 2.45) is 0 Å². The van der Waals surface area contributed by atoms with Crippen LogP contribution < -0.4 is 5.32 Å². The molecule has 1 N–H and O–H groups in total. The molecule has 1 amide bonds. The summed E-state index contributed by atoms with van der Waals surface area (Å²) >= 11 is 3.12. The number of carbonyl (C=O) groups is 1. The standard InChI is InChI=1S/C21H24N4OS2/c1-14(2)25-13-22-24-21(25)27-12-20(26)23-17-7-9-18(10-8-17)28-19-11-15(3)5-6-16(19)4/h5-11,13-14H,12H2,1-4H3,(H,23,26). The highest BCUT2D eigenvalue weighted by Crippen LogP contribution is 2.31. The maximum absolute atomic E-state index is 12.3. The van der Waals surface area contributed by atoms with Gasteiger partial charge in [-0.2, -0.15) is 0 Å². The summed E-state index contributed by atoms with van der Waals surface area (Å²) in [6.45, 7) is 8.34. The quantitative estimate of drug-likeness (QED) is 0.530. The summed E-state index contributed by atoms with van der Waals surface area (Å²) in [6.07, 6.45) is 1.69. The molecule has 0 aliphatic rings. The minimum absolute atomic E-state index is 0.0572. The smallest absolute Gasteiger partial charge is 0.234 e. The van der Waals surface area contributed by atoms with Crippen LogP contribution >= 0.6 is 23.5 Å². The van der Waals surface area contributed by atoms with E-state index in [9.17, 15) is 4.79 Å². The number of carbonyl (C=O) groups excluding carboxylic acids is 1. The molecule has 7 heteroatoms. The summed E-state index contributed by atoms with van der Waals surface area (Å²) < 4.78 is 1.96. The Morgan fingerprint density at radius 1 is 1.14 bits per heavy atom. The molecule has 0 spiro atoms. The van der Waals surface area contributed by atoms with Crippen LogP contribution in [0.1, 0.15) is 31.0 Å². The van der Waals surface area contributed by atoms with Gasteiger partial charge in [0.2, 0.25) is 5.91 Å². The highest BCUT2D eigenvalue weighted by Gasteiger charge is 2.11. The van der Waals surface area contributed by atoms with Crippen molar-refractivity contribution in [2.45, 2.75) is 48.7 Å². The van der Waals surface area contributed by atoms with Crippen LogP contribution in [0.15, 0.2) is 63.7 Å². The van der Waals surface area contributed by atoms with E-state index in [-0.39, 0.29) is 11.9 Å². The number of anilines is 1. The van der Waals surface area contributed by atoms with Gasteiger partial charge >= 0.3 is 0 Å². The molecule has 0 aliphatic carbocycles. The van der Waals surface area contributed by atoms with Crippen LogP contribution in [0.3, 0.4) is 0 Å². The van der Waals surface area contributed by atoms with Crippen LogP contribution in [0.2, 0.25) is 0 Å². The predicted molar refractivity (Wildman–Crippen MR) is 116 cm³/mol. The highest BCUT2D eigenvalue weighted by atomic mass is 32.2. The van der Waals surface area contributed by atoms with Crippen molar-refractivity contribution in [2.75, 3.05) is 11.1 Å². The molecule has 0 atom stereocenters. The molecule has 0 bridgehead atoms. The molecule has 3 rings (SSSR count). The van der Waals surface area contributed by atoms with E-state index in [1.807, 2.05) is 28.8 Å². The van der Waals surface area contributed by atoms with E-state index in [1.54, 1.807) is 18.1 Å². The average molecular weight is 413 g/mol. The third-order valence-electron chi connectivity index (χ3n) is 4.14. The predicted octanol–water partition coefficient (Wildman–Crippen LogP) is 5.36. The summed E-state index contributed by atoms with van der Waals surface area (Å²) in [5, 5.41) is 11.7. The van der Waals surface area contributed by atoms with Gasteiger partial charge in [0.1, 0.15) is 6.33 Å². The molecule has 0 aliphatic heterocycles. The SMILES string of the molecule is Cc1ccc(C)c(Sc2ccc(NC(=O)CSc3nncn3C(C)C)cc2)c1. The first kappa shape index (κ1) is 20.5. The first-order chi connectivity index (χ1) is 13.4. The Hall–Kier alpha value is -2.25. The number of amides is 1. The van der Waals surface area contributed by atoms with Crippen molar-refractivity contribution in [1.29, 1.82) is 0 Å². The van der Waals surface area contributed by atoms with Crippen LogP contribution in [0.25, 0.3) is 0 Å². The lowest BCUT2D eigenvalue weighted by molar-refractivity contribution is -0.113. The molecule has 0 saturated carbocycles. The fourth-order valence-electron chi connectivity index (χ4n) is 2.57. The van der Waals surface area contributed by atoms with Gasteiger partial charge in [-0.05, 0) is 69.2 Å². The molecule has 0 radical (unpaired) electrons. The zero-order chi connectivity index (χ0) is 20.1. The van der Waals surface area contributed by atoms with E-state index in [0.717, 1.165) is 15.7 Å². The van der Waals surface area contributed by atoms with Crippen molar-refractivity contribution in [3.05, 3.63) is 59.9 Å². The number of aromatic nitrogens is 3. The molecule has 3 aromatic rings. The summed E-state index contributed by atoms with van der Waals surface area (Å²) in [6, 6.07) is 14.7. The zero-order valence-corrected chi connectivity index (χ0v) is 18.1. The van der Waals surface area contributed by atoms with Crippen LogP contribution in [0.5, 0.6) is 0 Å². The van der Waals surface area contributed by atoms with Gasteiger partial charge < -0.3 is 9.88 Å². The van der Waals surface area contributed by atoms with Crippen molar-refractivity contribution in [3.8, 4) is 0 Å². The second kappa shape index (κ2) is 9.30. The number of nitrogens with one attached hydrogen (secondary N) is 1. The molecule has 0 saturated heterocycles. The Bertz CT molecular complexity index is 951. The normalized spacial score (nSPS) is 11.0. The van der Waals surface area contributed by atoms with Gasteiger partial charge in [-0.25, -0.2) is 0 Å². The Morgan fingerprint density at radius 3 is 2.61 bits per heavy atom. The highest BCUT2D eigenvalue weighted by molar-refractivity contribution is 7.99. The average Bonchev–Trinajstić information content (AvgIpc) is 3.14. The Kier molecular flexibility index (Phi) is 6.80. The molecule has 28 heavy (non-hydrogen) atoms. The van der Waals surface area contributed by atoms with Crippen LogP contribution in [-0.4, -0.2) is 26.4 Å². The third kappa shape index (κ3) is 5.39. The maximum Gasteiger partial charge on any atom is 0.234 e.